The second-order valence-corrected chi connectivity index (χ2v) is 4.37. The summed E-state index contributed by atoms with van der Waals surface area (Å²) in [6.45, 7) is 2.20. The molecule has 17 heavy (non-hydrogen) atoms. The number of hydrogen-bond acceptors (Lipinski definition) is 1. The molecule has 0 aromatic heterocycles. The van der Waals surface area contributed by atoms with Crippen LogP contribution in [0.1, 0.15) is 51.0 Å². The van der Waals surface area contributed by atoms with Crippen LogP contribution in [0.3, 0.4) is 0 Å². The molecule has 0 aliphatic heterocycles. The zero-order valence-electron chi connectivity index (χ0n) is 10.7. The van der Waals surface area contributed by atoms with Gasteiger partial charge in [-0.3, -0.25) is 4.79 Å². The van der Waals surface area contributed by atoms with Gasteiger partial charge in [0.2, 0.25) is 0 Å². The van der Waals surface area contributed by atoms with Gasteiger partial charge < -0.3 is 0 Å². The zero-order valence-corrected chi connectivity index (χ0v) is 10.7. The first-order valence-corrected chi connectivity index (χ1v) is 6.59. The van der Waals surface area contributed by atoms with E-state index in [1.165, 1.54) is 25.7 Å². The predicted molar refractivity (Wildman–Crippen MR) is 73.9 cm³/mol. The highest BCUT2D eigenvalue weighted by Gasteiger charge is 1.96. The number of ketones is 1. The van der Waals surface area contributed by atoms with E-state index in [0.29, 0.717) is 6.42 Å². The van der Waals surface area contributed by atoms with Crippen LogP contribution < -0.4 is 0 Å². The average molecular weight is 230 g/mol. The van der Waals surface area contributed by atoms with Crippen LogP contribution in [0.5, 0.6) is 0 Å². The standard InChI is InChI=1S/C16H22O/c1-2-3-4-5-9-12-16(17)14-13-15-10-7-6-8-11-15/h6-8,10-11,13-14H,2-5,9,12H2,1H3. The maximum atomic E-state index is 11.6. The molecule has 1 aromatic rings. The van der Waals surface area contributed by atoms with Crippen molar-refractivity contribution in [2.45, 2.75) is 45.4 Å². The van der Waals surface area contributed by atoms with Crippen molar-refractivity contribution in [2.75, 3.05) is 0 Å². The maximum Gasteiger partial charge on any atom is 0.155 e. The molecule has 0 fully saturated rings. The summed E-state index contributed by atoms with van der Waals surface area (Å²) < 4.78 is 0. The summed E-state index contributed by atoms with van der Waals surface area (Å²) in [5, 5.41) is 0. The molecule has 1 rings (SSSR count). The van der Waals surface area contributed by atoms with E-state index in [1.54, 1.807) is 6.08 Å². The molecule has 0 aliphatic carbocycles. The molecule has 0 aliphatic rings. The Morgan fingerprint density at radius 3 is 2.47 bits per heavy atom. The number of benzene rings is 1. The highest BCUT2D eigenvalue weighted by molar-refractivity contribution is 5.93. The highest BCUT2D eigenvalue weighted by atomic mass is 16.1. The number of unbranched alkanes of at least 4 members (excludes halogenated alkanes) is 4. The quantitative estimate of drug-likeness (QED) is 0.470. The first-order chi connectivity index (χ1) is 8.33. The van der Waals surface area contributed by atoms with Crippen molar-refractivity contribution >= 4 is 11.9 Å². The van der Waals surface area contributed by atoms with E-state index in [0.717, 1.165) is 12.0 Å². The third-order valence-corrected chi connectivity index (χ3v) is 2.79. The van der Waals surface area contributed by atoms with E-state index >= 15 is 0 Å². The second-order valence-electron chi connectivity index (χ2n) is 4.37. The predicted octanol–water partition coefficient (Wildman–Crippen LogP) is 4.63. The fourth-order valence-electron chi connectivity index (χ4n) is 1.74. The largest absolute Gasteiger partial charge is 0.295 e. The summed E-state index contributed by atoms with van der Waals surface area (Å²) in [5.74, 6) is 0.241. The minimum Gasteiger partial charge on any atom is -0.295 e. The lowest BCUT2D eigenvalue weighted by Crippen LogP contribution is -1.92. The van der Waals surface area contributed by atoms with Crippen molar-refractivity contribution in [3.8, 4) is 0 Å². The van der Waals surface area contributed by atoms with Crippen molar-refractivity contribution in [3.63, 3.8) is 0 Å². The monoisotopic (exact) mass is 230 g/mol. The van der Waals surface area contributed by atoms with Gasteiger partial charge in [0.15, 0.2) is 5.78 Å². The van der Waals surface area contributed by atoms with Gasteiger partial charge in [0, 0.05) is 6.42 Å². The molecule has 1 aromatic carbocycles. The molecular weight excluding hydrogens is 208 g/mol. The summed E-state index contributed by atoms with van der Waals surface area (Å²) in [4.78, 5) is 11.6. The molecule has 1 heteroatoms. The Kier molecular flexibility index (Phi) is 7.04. The Morgan fingerprint density at radius 1 is 1.06 bits per heavy atom. The van der Waals surface area contributed by atoms with Crippen LogP contribution >= 0.6 is 0 Å². The van der Waals surface area contributed by atoms with Crippen molar-refractivity contribution in [3.05, 3.63) is 42.0 Å². The van der Waals surface area contributed by atoms with Crippen molar-refractivity contribution in [2.24, 2.45) is 0 Å². The normalized spacial score (nSPS) is 10.9. The molecule has 0 heterocycles. The van der Waals surface area contributed by atoms with E-state index < -0.39 is 0 Å². The molecule has 0 saturated heterocycles. The lowest BCUT2D eigenvalue weighted by Gasteiger charge is -1.97. The van der Waals surface area contributed by atoms with Gasteiger partial charge in [-0.2, -0.15) is 0 Å². The molecule has 0 amide bonds. The molecule has 0 atom stereocenters. The van der Waals surface area contributed by atoms with Gasteiger partial charge in [-0.1, -0.05) is 69.0 Å². The molecular formula is C16H22O. The van der Waals surface area contributed by atoms with E-state index in [-0.39, 0.29) is 5.78 Å². The number of rotatable bonds is 8. The Bertz CT molecular complexity index is 338. The van der Waals surface area contributed by atoms with Gasteiger partial charge in [0.05, 0.1) is 0 Å². The summed E-state index contributed by atoms with van der Waals surface area (Å²) in [6, 6.07) is 9.95. The molecule has 0 spiro atoms. The van der Waals surface area contributed by atoms with Gasteiger partial charge in [-0.15, -0.1) is 0 Å². The zero-order chi connectivity index (χ0) is 12.3. The minimum absolute atomic E-state index is 0.241. The molecule has 0 unspecified atom stereocenters. The molecule has 0 radical (unpaired) electrons. The van der Waals surface area contributed by atoms with Gasteiger partial charge in [-0.05, 0) is 18.1 Å². The minimum atomic E-state index is 0.241. The summed E-state index contributed by atoms with van der Waals surface area (Å²) in [5.41, 5.74) is 1.09. The molecule has 92 valence electrons. The van der Waals surface area contributed by atoms with Crippen molar-refractivity contribution < 1.29 is 4.79 Å². The van der Waals surface area contributed by atoms with E-state index in [1.807, 2.05) is 36.4 Å². The number of carbonyl (C=O) groups is 1. The lowest BCUT2D eigenvalue weighted by atomic mass is 10.1. The molecule has 0 N–H and O–H groups in total. The summed E-state index contributed by atoms with van der Waals surface area (Å²) >= 11 is 0. The summed E-state index contributed by atoms with van der Waals surface area (Å²) in [7, 11) is 0. The Morgan fingerprint density at radius 2 is 1.76 bits per heavy atom. The van der Waals surface area contributed by atoms with Crippen LogP contribution in [-0.2, 0) is 4.79 Å². The second kappa shape index (κ2) is 8.74. The fourth-order valence-corrected chi connectivity index (χ4v) is 1.74. The number of hydrogen-bond donors (Lipinski definition) is 0. The van der Waals surface area contributed by atoms with Crippen molar-refractivity contribution in [1.82, 2.24) is 0 Å². The number of allylic oxidation sites excluding steroid dienone is 1. The van der Waals surface area contributed by atoms with Gasteiger partial charge in [-0.25, -0.2) is 0 Å². The van der Waals surface area contributed by atoms with Crippen LogP contribution in [0, 0.1) is 0 Å². The Balaban J connectivity index is 2.19. The third-order valence-electron chi connectivity index (χ3n) is 2.79. The fraction of sp³-hybridized carbons (Fsp3) is 0.438. The van der Waals surface area contributed by atoms with Crippen LogP contribution in [0.4, 0.5) is 0 Å². The van der Waals surface area contributed by atoms with Crippen LogP contribution in [0.2, 0.25) is 0 Å². The van der Waals surface area contributed by atoms with Crippen LogP contribution in [0.15, 0.2) is 36.4 Å². The maximum absolute atomic E-state index is 11.6. The molecule has 1 nitrogen and oxygen atoms in total. The summed E-state index contributed by atoms with van der Waals surface area (Å²) in [6.07, 6.45) is 10.3. The first-order valence-electron chi connectivity index (χ1n) is 6.59. The van der Waals surface area contributed by atoms with E-state index in [2.05, 4.69) is 6.92 Å². The number of carbonyl (C=O) groups excluding carboxylic acids is 1. The lowest BCUT2D eigenvalue weighted by molar-refractivity contribution is -0.114. The first kappa shape index (κ1) is 13.7. The molecule has 0 bridgehead atoms. The van der Waals surface area contributed by atoms with Gasteiger partial charge in [0.25, 0.3) is 0 Å². The SMILES string of the molecule is CCCCCCCC(=O)C=Cc1ccccc1. The van der Waals surface area contributed by atoms with Gasteiger partial charge in [0.1, 0.15) is 0 Å². The average Bonchev–Trinajstić information content (AvgIpc) is 2.37. The van der Waals surface area contributed by atoms with Crippen LogP contribution in [-0.4, -0.2) is 5.78 Å². The Hall–Kier alpha value is -1.37. The van der Waals surface area contributed by atoms with E-state index in [4.69, 9.17) is 0 Å². The molecule has 0 saturated carbocycles. The highest BCUT2D eigenvalue weighted by Crippen LogP contribution is 2.07. The third kappa shape index (κ3) is 6.72. The van der Waals surface area contributed by atoms with E-state index in [9.17, 15) is 4.79 Å². The topological polar surface area (TPSA) is 17.1 Å². The smallest absolute Gasteiger partial charge is 0.155 e. The van der Waals surface area contributed by atoms with Gasteiger partial charge >= 0.3 is 0 Å². The van der Waals surface area contributed by atoms with Crippen LogP contribution in [0.25, 0.3) is 6.08 Å². The van der Waals surface area contributed by atoms with Crippen molar-refractivity contribution in [1.29, 1.82) is 0 Å². The Labute approximate surface area is 105 Å².